The standard InChI is InChI=1S/C28H34N6O7S2/c1-4-21(17-41-19(3)35)27(36)34-43(39,40)25-10-6-9-23(14-25)32-28-29-15-18(2)26(33-28)31-22-8-5-7-20(13-22)16-30-42(37,38)24-11-12-24/h5-10,13-15,21,24,30H,4,11-12,16-17H2,1-3H3,(H,34,36)(H2,29,31,32,33). The van der Waals surface area contributed by atoms with Crippen LogP contribution in [0.25, 0.3) is 0 Å². The van der Waals surface area contributed by atoms with E-state index in [1.165, 1.54) is 25.1 Å². The number of rotatable bonds is 14. The second-order valence-corrected chi connectivity index (χ2v) is 13.9. The van der Waals surface area contributed by atoms with Gasteiger partial charge < -0.3 is 15.4 Å². The van der Waals surface area contributed by atoms with E-state index < -0.39 is 37.8 Å². The highest BCUT2D eigenvalue weighted by Gasteiger charge is 2.35. The van der Waals surface area contributed by atoms with Gasteiger partial charge in [0.05, 0.1) is 16.1 Å². The van der Waals surface area contributed by atoms with Crippen molar-refractivity contribution in [2.75, 3.05) is 17.2 Å². The van der Waals surface area contributed by atoms with Crippen molar-refractivity contribution in [3.8, 4) is 0 Å². The molecule has 1 amide bonds. The van der Waals surface area contributed by atoms with Crippen molar-refractivity contribution < 1.29 is 31.2 Å². The largest absolute Gasteiger partial charge is 0.465 e. The number of sulfonamides is 2. The van der Waals surface area contributed by atoms with Gasteiger partial charge in [0.15, 0.2) is 0 Å². The maximum absolute atomic E-state index is 12.9. The number of carbonyl (C=O) groups is 2. The Labute approximate surface area is 251 Å². The lowest BCUT2D eigenvalue weighted by Gasteiger charge is -2.15. The number of amides is 1. The van der Waals surface area contributed by atoms with Gasteiger partial charge in [-0.15, -0.1) is 0 Å². The van der Waals surface area contributed by atoms with E-state index in [4.69, 9.17) is 4.74 Å². The summed E-state index contributed by atoms with van der Waals surface area (Å²) < 4.78 is 59.7. The van der Waals surface area contributed by atoms with Crippen molar-refractivity contribution in [2.24, 2.45) is 5.92 Å². The number of esters is 1. The maximum Gasteiger partial charge on any atom is 0.302 e. The SMILES string of the molecule is CCC(COC(C)=O)C(=O)NS(=O)(=O)c1cccc(Nc2ncc(C)c(Nc3cccc(CNS(=O)(=O)C4CC4)c3)n2)c1. The molecule has 1 fully saturated rings. The molecule has 0 aliphatic heterocycles. The van der Waals surface area contributed by atoms with Crippen LogP contribution in [-0.2, 0) is 40.9 Å². The molecular formula is C28H34N6O7S2. The van der Waals surface area contributed by atoms with Gasteiger partial charge in [-0.25, -0.2) is 31.3 Å². The lowest BCUT2D eigenvalue weighted by molar-refractivity contribution is -0.143. The van der Waals surface area contributed by atoms with E-state index in [9.17, 15) is 26.4 Å². The Bertz CT molecular complexity index is 1710. The molecule has 1 aliphatic carbocycles. The fourth-order valence-corrected chi connectivity index (χ4v) is 6.40. The van der Waals surface area contributed by atoms with Gasteiger partial charge >= 0.3 is 5.97 Å². The summed E-state index contributed by atoms with van der Waals surface area (Å²) in [5.41, 5.74) is 2.57. The third-order valence-electron chi connectivity index (χ3n) is 6.59. The van der Waals surface area contributed by atoms with Crippen LogP contribution in [0.1, 0.15) is 44.2 Å². The zero-order valence-electron chi connectivity index (χ0n) is 24.0. The third-order valence-corrected chi connectivity index (χ3v) is 9.83. The number of nitrogens with zero attached hydrogens (tertiary/aromatic N) is 2. The van der Waals surface area contributed by atoms with Crippen molar-refractivity contribution in [2.45, 2.75) is 56.7 Å². The lowest BCUT2D eigenvalue weighted by Crippen LogP contribution is -2.37. The molecule has 15 heteroatoms. The van der Waals surface area contributed by atoms with Gasteiger partial charge in [-0.05, 0) is 62.1 Å². The maximum atomic E-state index is 12.9. The first kappa shape index (κ1) is 31.8. The number of aryl methyl sites for hydroxylation is 1. The molecule has 3 aromatic rings. The molecule has 0 bridgehead atoms. The summed E-state index contributed by atoms with van der Waals surface area (Å²) in [5.74, 6) is -1.48. The van der Waals surface area contributed by atoms with Gasteiger partial charge in [-0.1, -0.05) is 25.1 Å². The van der Waals surface area contributed by atoms with Crippen LogP contribution in [0.3, 0.4) is 0 Å². The number of hydrogen-bond donors (Lipinski definition) is 4. The first-order valence-electron chi connectivity index (χ1n) is 13.6. The van der Waals surface area contributed by atoms with Crippen molar-refractivity contribution in [1.82, 2.24) is 19.4 Å². The van der Waals surface area contributed by atoms with E-state index >= 15 is 0 Å². The summed E-state index contributed by atoms with van der Waals surface area (Å²) in [6.45, 7) is 4.67. The molecule has 13 nitrogen and oxygen atoms in total. The fraction of sp³-hybridized carbons (Fsp3) is 0.357. The van der Waals surface area contributed by atoms with Crippen LogP contribution < -0.4 is 20.1 Å². The Morgan fingerprint density at radius 2 is 1.72 bits per heavy atom. The summed E-state index contributed by atoms with van der Waals surface area (Å²) in [5, 5.41) is 5.90. The Balaban J connectivity index is 1.44. The molecule has 1 heterocycles. The molecule has 1 atom stereocenters. The minimum absolute atomic E-state index is 0.159. The Hall–Kier alpha value is -4.08. The quantitative estimate of drug-likeness (QED) is 0.192. The Kier molecular flexibility index (Phi) is 9.98. The molecule has 230 valence electrons. The highest BCUT2D eigenvalue weighted by Crippen LogP contribution is 2.28. The van der Waals surface area contributed by atoms with Crippen LogP contribution in [0, 0.1) is 12.8 Å². The predicted molar refractivity (Wildman–Crippen MR) is 161 cm³/mol. The molecule has 0 spiro atoms. The monoisotopic (exact) mass is 630 g/mol. The first-order chi connectivity index (χ1) is 20.4. The normalized spacial score (nSPS) is 14.0. The van der Waals surface area contributed by atoms with Gasteiger partial charge in [0.2, 0.25) is 21.9 Å². The van der Waals surface area contributed by atoms with Crippen LogP contribution in [0.5, 0.6) is 0 Å². The summed E-state index contributed by atoms with van der Waals surface area (Å²) in [6, 6.07) is 13.1. The van der Waals surface area contributed by atoms with Crippen molar-refractivity contribution in [3.05, 3.63) is 65.9 Å². The van der Waals surface area contributed by atoms with E-state index in [2.05, 4.69) is 25.3 Å². The molecule has 43 heavy (non-hydrogen) atoms. The second kappa shape index (κ2) is 13.5. The molecule has 1 aliphatic rings. The van der Waals surface area contributed by atoms with Gasteiger partial charge in [-0.3, -0.25) is 9.59 Å². The third kappa shape index (κ3) is 8.95. The molecule has 1 aromatic heterocycles. The minimum Gasteiger partial charge on any atom is -0.465 e. The van der Waals surface area contributed by atoms with E-state index in [1.54, 1.807) is 19.2 Å². The first-order valence-corrected chi connectivity index (χ1v) is 16.6. The van der Waals surface area contributed by atoms with E-state index in [-0.39, 0.29) is 35.7 Å². The molecule has 1 saturated carbocycles. The molecule has 2 aromatic carbocycles. The number of ether oxygens (including phenoxy) is 1. The van der Waals surface area contributed by atoms with Gasteiger partial charge in [-0.2, -0.15) is 4.98 Å². The van der Waals surface area contributed by atoms with Crippen molar-refractivity contribution >= 4 is 55.1 Å². The van der Waals surface area contributed by atoms with Crippen molar-refractivity contribution in [1.29, 1.82) is 0 Å². The average Bonchev–Trinajstić information content (AvgIpc) is 3.81. The second-order valence-electron chi connectivity index (χ2n) is 10.1. The zero-order valence-corrected chi connectivity index (χ0v) is 25.6. The summed E-state index contributed by atoms with van der Waals surface area (Å²) in [4.78, 5) is 32.3. The molecule has 4 N–H and O–H groups in total. The summed E-state index contributed by atoms with van der Waals surface area (Å²) in [7, 11) is -7.52. The van der Waals surface area contributed by atoms with Gasteiger partial charge in [0.1, 0.15) is 12.4 Å². The highest BCUT2D eigenvalue weighted by molar-refractivity contribution is 7.90. The fourth-order valence-electron chi connectivity index (χ4n) is 3.95. The van der Waals surface area contributed by atoms with Crippen LogP contribution in [0.4, 0.5) is 23.1 Å². The Morgan fingerprint density at radius 3 is 2.40 bits per heavy atom. The summed E-state index contributed by atoms with van der Waals surface area (Å²) >= 11 is 0. The van der Waals surface area contributed by atoms with Crippen LogP contribution in [0.2, 0.25) is 0 Å². The summed E-state index contributed by atoms with van der Waals surface area (Å²) in [6.07, 6.45) is 3.26. The zero-order chi connectivity index (χ0) is 31.2. The molecule has 0 saturated heterocycles. The van der Waals surface area contributed by atoms with Gasteiger partial charge in [0.25, 0.3) is 10.0 Å². The Morgan fingerprint density at radius 1 is 1.02 bits per heavy atom. The number of carbonyl (C=O) groups excluding carboxylic acids is 2. The van der Waals surface area contributed by atoms with Crippen LogP contribution in [-0.4, -0.2) is 50.5 Å². The number of benzene rings is 2. The predicted octanol–water partition coefficient (Wildman–Crippen LogP) is 3.25. The topological polar surface area (TPSA) is 186 Å². The van der Waals surface area contributed by atoms with E-state index in [1.807, 2.05) is 35.9 Å². The van der Waals surface area contributed by atoms with E-state index in [0.717, 1.165) is 11.1 Å². The van der Waals surface area contributed by atoms with Crippen LogP contribution in [0.15, 0.2) is 59.6 Å². The smallest absolute Gasteiger partial charge is 0.302 e. The number of aromatic nitrogens is 2. The lowest BCUT2D eigenvalue weighted by atomic mass is 10.1. The van der Waals surface area contributed by atoms with Crippen molar-refractivity contribution in [3.63, 3.8) is 0 Å². The number of nitrogens with one attached hydrogen (secondary N) is 4. The average molecular weight is 631 g/mol. The number of anilines is 4. The van der Waals surface area contributed by atoms with Crippen LogP contribution >= 0.6 is 0 Å². The van der Waals surface area contributed by atoms with Gasteiger partial charge in [0, 0.05) is 36.6 Å². The highest BCUT2D eigenvalue weighted by atomic mass is 32.2. The molecular weight excluding hydrogens is 596 g/mol. The minimum atomic E-state index is -4.22. The number of hydrogen-bond acceptors (Lipinski definition) is 11. The molecule has 0 radical (unpaired) electrons. The van der Waals surface area contributed by atoms with E-state index in [0.29, 0.717) is 30.0 Å². The molecule has 4 rings (SSSR count). The molecule has 1 unspecified atom stereocenters.